The Bertz CT molecular complexity index is 431. The van der Waals surface area contributed by atoms with E-state index in [1.165, 1.54) is 0 Å². The van der Waals surface area contributed by atoms with Crippen molar-refractivity contribution in [1.29, 1.82) is 0 Å². The molecule has 1 aromatic rings. The molecule has 0 aliphatic heterocycles. The van der Waals surface area contributed by atoms with Gasteiger partial charge in [0.25, 0.3) is 0 Å². The minimum absolute atomic E-state index is 0.526. The SMILES string of the molecule is CCCNC1CCC(O)(c2cc(OC)cc(OC)c2)CC1. The number of methoxy groups -OCH3 is 2. The summed E-state index contributed by atoms with van der Waals surface area (Å²) in [6, 6.07) is 6.20. The zero-order valence-corrected chi connectivity index (χ0v) is 13.3. The van der Waals surface area contributed by atoms with Gasteiger partial charge in [-0.25, -0.2) is 0 Å². The van der Waals surface area contributed by atoms with E-state index in [2.05, 4.69) is 12.2 Å². The highest BCUT2D eigenvalue weighted by Crippen LogP contribution is 2.39. The second kappa shape index (κ2) is 7.14. The molecule has 0 saturated heterocycles. The van der Waals surface area contributed by atoms with Gasteiger partial charge in [0.1, 0.15) is 11.5 Å². The maximum atomic E-state index is 11.0. The molecule has 1 fully saturated rings. The highest BCUT2D eigenvalue weighted by Gasteiger charge is 2.35. The largest absolute Gasteiger partial charge is 0.497 e. The lowest BCUT2D eigenvalue weighted by Crippen LogP contribution is -2.40. The van der Waals surface area contributed by atoms with E-state index in [0.717, 1.165) is 55.7 Å². The molecule has 0 unspecified atom stereocenters. The van der Waals surface area contributed by atoms with Crippen LogP contribution < -0.4 is 14.8 Å². The second-order valence-corrected chi connectivity index (χ2v) is 5.86. The number of nitrogens with one attached hydrogen (secondary N) is 1. The number of hydrogen-bond acceptors (Lipinski definition) is 4. The molecule has 4 heteroatoms. The van der Waals surface area contributed by atoms with Crippen LogP contribution in [0, 0.1) is 0 Å². The van der Waals surface area contributed by atoms with Crippen molar-refractivity contribution in [3.63, 3.8) is 0 Å². The Kier molecular flexibility index (Phi) is 5.48. The van der Waals surface area contributed by atoms with E-state index in [1.807, 2.05) is 18.2 Å². The van der Waals surface area contributed by atoms with Crippen molar-refractivity contribution in [3.05, 3.63) is 23.8 Å². The summed E-state index contributed by atoms with van der Waals surface area (Å²) in [5, 5.41) is 14.5. The molecule has 1 aliphatic carbocycles. The van der Waals surface area contributed by atoms with Gasteiger partial charge in [-0.1, -0.05) is 6.92 Å². The molecular formula is C17H27NO3. The van der Waals surface area contributed by atoms with E-state index in [4.69, 9.17) is 9.47 Å². The second-order valence-electron chi connectivity index (χ2n) is 5.86. The molecule has 1 aromatic carbocycles. The quantitative estimate of drug-likeness (QED) is 0.847. The highest BCUT2D eigenvalue weighted by atomic mass is 16.5. The molecule has 0 radical (unpaired) electrons. The van der Waals surface area contributed by atoms with Crippen molar-refractivity contribution >= 4 is 0 Å². The van der Waals surface area contributed by atoms with Crippen molar-refractivity contribution in [2.45, 2.75) is 50.7 Å². The smallest absolute Gasteiger partial charge is 0.122 e. The molecular weight excluding hydrogens is 266 g/mol. The Morgan fingerprint density at radius 3 is 2.19 bits per heavy atom. The van der Waals surface area contributed by atoms with Crippen LogP contribution in [0.15, 0.2) is 18.2 Å². The van der Waals surface area contributed by atoms with Crippen LogP contribution in [0.3, 0.4) is 0 Å². The third kappa shape index (κ3) is 3.89. The lowest BCUT2D eigenvalue weighted by atomic mass is 9.77. The summed E-state index contributed by atoms with van der Waals surface area (Å²) < 4.78 is 10.6. The molecule has 1 saturated carbocycles. The third-order valence-corrected chi connectivity index (χ3v) is 4.38. The van der Waals surface area contributed by atoms with E-state index in [1.54, 1.807) is 14.2 Å². The standard InChI is InChI=1S/C17H27NO3/c1-4-9-18-14-5-7-17(19,8-6-14)13-10-15(20-2)12-16(11-13)21-3/h10-12,14,18-19H,4-9H2,1-3H3. The van der Waals surface area contributed by atoms with Crippen LogP contribution in [0.1, 0.15) is 44.6 Å². The fraction of sp³-hybridized carbons (Fsp3) is 0.647. The van der Waals surface area contributed by atoms with Crippen LogP contribution in [-0.2, 0) is 5.60 Å². The Balaban J connectivity index is 2.10. The van der Waals surface area contributed by atoms with Crippen LogP contribution in [0.5, 0.6) is 11.5 Å². The Hall–Kier alpha value is -1.26. The molecule has 2 N–H and O–H groups in total. The first-order valence-corrected chi connectivity index (χ1v) is 7.80. The molecule has 118 valence electrons. The first-order chi connectivity index (χ1) is 10.1. The first kappa shape index (κ1) is 16.1. The van der Waals surface area contributed by atoms with Gasteiger partial charge in [-0.3, -0.25) is 0 Å². The van der Waals surface area contributed by atoms with E-state index < -0.39 is 5.60 Å². The van der Waals surface area contributed by atoms with Crippen LogP contribution >= 0.6 is 0 Å². The van der Waals surface area contributed by atoms with Crippen LogP contribution in [0.4, 0.5) is 0 Å². The summed E-state index contributed by atoms with van der Waals surface area (Å²) in [5.74, 6) is 1.45. The average molecular weight is 293 g/mol. The predicted molar refractivity (Wildman–Crippen MR) is 84.0 cm³/mol. The molecule has 21 heavy (non-hydrogen) atoms. The van der Waals surface area contributed by atoms with Crippen LogP contribution in [0.25, 0.3) is 0 Å². The molecule has 0 aromatic heterocycles. The highest BCUT2D eigenvalue weighted by molar-refractivity contribution is 5.41. The normalized spacial score (nSPS) is 25.6. The zero-order valence-electron chi connectivity index (χ0n) is 13.3. The van der Waals surface area contributed by atoms with Gasteiger partial charge < -0.3 is 19.9 Å². The fourth-order valence-electron chi connectivity index (χ4n) is 3.01. The van der Waals surface area contributed by atoms with Gasteiger partial charge in [0.2, 0.25) is 0 Å². The Morgan fingerprint density at radius 1 is 1.14 bits per heavy atom. The van der Waals surface area contributed by atoms with Gasteiger partial charge in [-0.2, -0.15) is 0 Å². The number of aliphatic hydroxyl groups is 1. The van der Waals surface area contributed by atoms with Gasteiger partial charge >= 0.3 is 0 Å². The minimum atomic E-state index is -0.772. The van der Waals surface area contributed by atoms with Crippen molar-refractivity contribution in [2.75, 3.05) is 20.8 Å². The van der Waals surface area contributed by atoms with Crippen molar-refractivity contribution in [2.24, 2.45) is 0 Å². The maximum Gasteiger partial charge on any atom is 0.122 e. The van der Waals surface area contributed by atoms with Crippen LogP contribution in [0.2, 0.25) is 0 Å². The van der Waals surface area contributed by atoms with Crippen LogP contribution in [-0.4, -0.2) is 31.9 Å². The van der Waals surface area contributed by atoms with Gasteiger partial charge in [0, 0.05) is 12.1 Å². The molecule has 1 aliphatic rings. The zero-order chi connectivity index (χ0) is 15.3. The summed E-state index contributed by atoms with van der Waals surface area (Å²) in [6.07, 6.45) is 4.68. The molecule has 0 atom stereocenters. The topological polar surface area (TPSA) is 50.7 Å². The van der Waals surface area contributed by atoms with Gasteiger partial charge in [0.15, 0.2) is 0 Å². The maximum absolute atomic E-state index is 11.0. The Morgan fingerprint density at radius 2 is 1.71 bits per heavy atom. The van der Waals surface area contributed by atoms with Gasteiger partial charge in [-0.15, -0.1) is 0 Å². The monoisotopic (exact) mass is 293 g/mol. The third-order valence-electron chi connectivity index (χ3n) is 4.38. The summed E-state index contributed by atoms with van der Waals surface area (Å²) in [6.45, 7) is 3.23. The van der Waals surface area contributed by atoms with Crippen molar-refractivity contribution in [3.8, 4) is 11.5 Å². The van der Waals surface area contributed by atoms with E-state index >= 15 is 0 Å². The molecule has 0 heterocycles. The molecule has 4 nitrogen and oxygen atoms in total. The predicted octanol–water partition coefficient (Wildman–Crippen LogP) is 2.83. The number of hydrogen-bond donors (Lipinski definition) is 2. The van der Waals surface area contributed by atoms with Crippen molar-refractivity contribution in [1.82, 2.24) is 5.32 Å². The minimum Gasteiger partial charge on any atom is -0.497 e. The van der Waals surface area contributed by atoms with Gasteiger partial charge in [-0.05, 0) is 56.3 Å². The Labute approximate surface area is 127 Å². The molecule has 0 amide bonds. The fourth-order valence-corrected chi connectivity index (χ4v) is 3.01. The summed E-state index contributed by atoms with van der Waals surface area (Å²) in [4.78, 5) is 0. The number of ether oxygens (including phenoxy) is 2. The lowest BCUT2D eigenvalue weighted by molar-refractivity contribution is -0.00857. The first-order valence-electron chi connectivity index (χ1n) is 7.80. The molecule has 0 spiro atoms. The van der Waals surface area contributed by atoms with E-state index in [-0.39, 0.29) is 0 Å². The van der Waals surface area contributed by atoms with E-state index in [0.29, 0.717) is 6.04 Å². The average Bonchev–Trinajstić information content (AvgIpc) is 2.53. The van der Waals surface area contributed by atoms with Gasteiger partial charge in [0.05, 0.1) is 19.8 Å². The summed E-state index contributed by atoms with van der Waals surface area (Å²) >= 11 is 0. The number of rotatable bonds is 6. The summed E-state index contributed by atoms with van der Waals surface area (Å²) in [5.41, 5.74) is 0.124. The van der Waals surface area contributed by atoms with E-state index in [9.17, 15) is 5.11 Å². The number of benzene rings is 1. The lowest BCUT2D eigenvalue weighted by Gasteiger charge is -2.37. The van der Waals surface area contributed by atoms with Crippen molar-refractivity contribution < 1.29 is 14.6 Å². The molecule has 2 rings (SSSR count). The summed E-state index contributed by atoms with van der Waals surface area (Å²) in [7, 11) is 3.27. The molecule has 0 bridgehead atoms.